The molecule has 3 aromatic rings. The van der Waals surface area contributed by atoms with Gasteiger partial charge in [-0.15, -0.1) is 0 Å². The van der Waals surface area contributed by atoms with E-state index in [0.29, 0.717) is 18.2 Å². The number of carbonyl (C=O) groups is 1. The van der Waals surface area contributed by atoms with E-state index in [4.69, 9.17) is 9.72 Å². The molecule has 4 rings (SSSR count). The molecule has 1 saturated heterocycles. The van der Waals surface area contributed by atoms with E-state index in [2.05, 4.69) is 29.6 Å². The molecule has 1 aromatic carbocycles. The van der Waals surface area contributed by atoms with E-state index in [1.165, 1.54) is 0 Å². The zero-order valence-corrected chi connectivity index (χ0v) is 17.6. The number of benzene rings is 1. The van der Waals surface area contributed by atoms with Gasteiger partial charge in [-0.3, -0.25) is 4.79 Å². The summed E-state index contributed by atoms with van der Waals surface area (Å²) in [6.07, 6.45) is 4.59. The summed E-state index contributed by atoms with van der Waals surface area (Å²) in [5, 5.41) is 12.4. The quantitative estimate of drug-likeness (QED) is 0.626. The number of aromatic nitrogens is 3. The number of hydrogen-bond acceptors (Lipinski definition) is 5. The predicted octanol–water partition coefficient (Wildman–Crippen LogP) is 3.53. The molecule has 158 valence electrons. The van der Waals surface area contributed by atoms with Crippen LogP contribution in [0, 0.1) is 0 Å². The Morgan fingerprint density at radius 2 is 1.97 bits per heavy atom. The van der Waals surface area contributed by atoms with Crippen molar-refractivity contribution in [2.75, 3.05) is 18.5 Å². The Hall–Kier alpha value is -2.93. The number of nitrogens with zero attached hydrogens (tertiary/aromatic N) is 3. The monoisotopic (exact) mass is 407 g/mol. The van der Waals surface area contributed by atoms with Crippen molar-refractivity contribution >= 4 is 22.6 Å². The van der Waals surface area contributed by atoms with Gasteiger partial charge in [0.05, 0.1) is 17.3 Å². The largest absolute Gasteiger partial charge is 0.381 e. The van der Waals surface area contributed by atoms with Gasteiger partial charge in [-0.2, -0.15) is 5.10 Å². The Morgan fingerprint density at radius 1 is 1.20 bits per heavy atom. The molecule has 0 atom stereocenters. The van der Waals surface area contributed by atoms with Crippen LogP contribution in [0.15, 0.2) is 36.5 Å². The lowest BCUT2D eigenvalue weighted by atomic mass is 10.0. The van der Waals surface area contributed by atoms with Crippen LogP contribution in [-0.4, -0.2) is 39.9 Å². The maximum absolute atomic E-state index is 12.6. The van der Waals surface area contributed by atoms with E-state index in [-0.39, 0.29) is 5.91 Å². The highest BCUT2D eigenvalue weighted by atomic mass is 16.5. The predicted molar refractivity (Wildman–Crippen MR) is 118 cm³/mol. The molecule has 0 unspecified atom stereocenters. The van der Waals surface area contributed by atoms with Crippen LogP contribution < -0.4 is 10.6 Å². The van der Waals surface area contributed by atoms with Gasteiger partial charge in [0.2, 0.25) is 0 Å². The highest BCUT2D eigenvalue weighted by Crippen LogP contribution is 2.31. The lowest BCUT2D eigenvalue weighted by molar-refractivity contribution is 0.0904. The summed E-state index contributed by atoms with van der Waals surface area (Å²) in [4.78, 5) is 17.6. The van der Waals surface area contributed by atoms with Crippen molar-refractivity contribution < 1.29 is 9.53 Å². The van der Waals surface area contributed by atoms with Gasteiger partial charge in [0.1, 0.15) is 0 Å². The van der Waals surface area contributed by atoms with Gasteiger partial charge < -0.3 is 15.4 Å². The van der Waals surface area contributed by atoms with Crippen molar-refractivity contribution in [2.24, 2.45) is 0 Å². The number of pyridine rings is 1. The summed E-state index contributed by atoms with van der Waals surface area (Å²) < 4.78 is 7.45. The van der Waals surface area contributed by atoms with Gasteiger partial charge >= 0.3 is 0 Å². The highest BCUT2D eigenvalue weighted by molar-refractivity contribution is 5.95. The maximum atomic E-state index is 12.6. The van der Waals surface area contributed by atoms with Crippen LogP contribution in [0.5, 0.6) is 0 Å². The molecule has 0 bridgehead atoms. The number of nitrogens with one attached hydrogen (secondary N) is 2. The second-order valence-corrected chi connectivity index (χ2v) is 7.54. The van der Waals surface area contributed by atoms with Crippen LogP contribution >= 0.6 is 0 Å². The highest BCUT2D eigenvalue weighted by Gasteiger charge is 2.22. The normalized spacial score (nSPS) is 14.7. The van der Waals surface area contributed by atoms with Crippen molar-refractivity contribution in [3.63, 3.8) is 0 Å². The number of hydrogen-bond donors (Lipinski definition) is 2. The molecule has 1 aliphatic heterocycles. The number of ether oxygens (including phenoxy) is 1. The molecule has 3 heterocycles. The van der Waals surface area contributed by atoms with Gasteiger partial charge in [-0.25, -0.2) is 9.67 Å². The molecule has 0 aliphatic carbocycles. The fraction of sp³-hybridized carbons (Fsp3) is 0.435. The molecule has 1 aliphatic rings. The van der Waals surface area contributed by atoms with E-state index in [1.807, 2.05) is 41.2 Å². The minimum atomic E-state index is -0.0842. The van der Waals surface area contributed by atoms with Crippen LogP contribution in [0.1, 0.15) is 48.3 Å². The average Bonchev–Trinajstić information content (AvgIpc) is 3.22. The summed E-state index contributed by atoms with van der Waals surface area (Å²) in [6.45, 7) is 6.88. The number of anilines is 1. The molecule has 2 N–H and O–H groups in total. The van der Waals surface area contributed by atoms with Crippen LogP contribution in [0.4, 0.5) is 5.69 Å². The molecular weight excluding hydrogens is 378 g/mol. The number of aryl methyl sites for hydroxylation is 2. The molecule has 7 nitrogen and oxygen atoms in total. The molecule has 0 radical (unpaired) electrons. The van der Waals surface area contributed by atoms with Gasteiger partial charge in [-0.05, 0) is 38.3 Å². The first-order valence-electron chi connectivity index (χ1n) is 10.8. The molecule has 1 fully saturated rings. The molecule has 30 heavy (non-hydrogen) atoms. The molecule has 1 amide bonds. The second kappa shape index (κ2) is 9.26. The Kier molecular flexibility index (Phi) is 6.28. The third-order valence-electron chi connectivity index (χ3n) is 5.64. The second-order valence-electron chi connectivity index (χ2n) is 7.54. The summed E-state index contributed by atoms with van der Waals surface area (Å²) in [6, 6.07) is 9.63. The first-order chi connectivity index (χ1) is 14.7. The third-order valence-corrected chi connectivity index (χ3v) is 5.64. The standard InChI is InChI=1S/C23H29N5O2/c1-3-20-18(14-24-23(29)16-8-6-5-7-9-16)21(26-17-10-12-30-13-11-17)19-15-25-28(4-2)22(19)27-20/h5-9,15,17H,3-4,10-14H2,1-2H3,(H,24,29)(H,26,27). The van der Waals surface area contributed by atoms with Crippen molar-refractivity contribution in [1.82, 2.24) is 20.1 Å². The molecule has 0 spiro atoms. The summed E-state index contributed by atoms with van der Waals surface area (Å²) in [7, 11) is 0. The van der Waals surface area contributed by atoms with Crippen LogP contribution in [-0.2, 0) is 24.2 Å². The number of carbonyl (C=O) groups excluding carboxylic acids is 1. The summed E-state index contributed by atoms with van der Waals surface area (Å²) in [5.74, 6) is -0.0842. The Labute approximate surface area is 176 Å². The van der Waals surface area contributed by atoms with E-state index in [9.17, 15) is 4.79 Å². The van der Waals surface area contributed by atoms with E-state index < -0.39 is 0 Å². The van der Waals surface area contributed by atoms with E-state index >= 15 is 0 Å². The molecular formula is C23H29N5O2. The van der Waals surface area contributed by atoms with Crippen molar-refractivity contribution in [1.29, 1.82) is 0 Å². The summed E-state index contributed by atoms with van der Waals surface area (Å²) >= 11 is 0. The fourth-order valence-corrected chi connectivity index (χ4v) is 3.96. The third kappa shape index (κ3) is 4.16. The minimum Gasteiger partial charge on any atom is -0.381 e. The van der Waals surface area contributed by atoms with Gasteiger partial charge in [0.15, 0.2) is 5.65 Å². The van der Waals surface area contributed by atoms with Crippen molar-refractivity contribution in [2.45, 2.75) is 52.2 Å². The van der Waals surface area contributed by atoms with Gasteiger partial charge in [0.25, 0.3) is 5.91 Å². The van der Waals surface area contributed by atoms with Crippen LogP contribution in [0.3, 0.4) is 0 Å². The maximum Gasteiger partial charge on any atom is 0.251 e. The number of amides is 1. The van der Waals surface area contributed by atoms with Crippen molar-refractivity contribution in [3.05, 3.63) is 53.3 Å². The fourth-order valence-electron chi connectivity index (χ4n) is 3.96. The Balaban J connectivity index is 1.70. The number of fused-ring (bicyclic) bond motifs is 1. The lowest BCUT2D eigenvalue weighted by Gasteiger charge is -2.26. The molecule has 7 heteroatoms. The average molecular weight is 408 g/mol. The van der Waals surface area contributed by atoms with E-state index in [1.54, 1.807) is 0 Å². The Morgan fingerprint density at radius 3 is 2.67 bits per heavy atom. The SMILES string of the molecule is CCc1nc2c(cnn2CC)c(NC2CCOCC2)c1CNC(=O)c1ccccc1. The van der Waals surface area contributed by atoms with Crippen molar-refractivity contribution in [3.8, 4) is 0 Å². The first kappa shape index (κ1) is 20.3. The lowest BCUT2D eigenvalue weighted by Crippen LogP contribution is -2.30. The van der Waals surface area contributed by atoms with Gasteiger partial charge in [0, 0.05) is 49.2 Å². The molecule has 0 saturated carbocycles. The minimum absolute atomic E-state index is 0.0842. The summed E-state index contributed by atoms with van der Waals surface area (Å²) in [5.41, 5.74) is 4.61. The first-order valence-corrected chi connectivity index (χ1v) is 10.8. The number of rotatable bonds is 7. The van der Waals surface area contributed by atoms with Crippen LogP contribution in [0.25, 0.3) is 11.0 Å². The molecule has 2 aromatic heterocycles. The van der Waals surface area contributed by atoms with E-state index in [0.717, 1.165) is 67.0 Å². The van der Waals surface area contributed by atoms with Crippen LogP contribution in [0.2, 0.25) is 0 Å². The van der Waals surface area contributed by atoms with Gasteiger partial charge in [-0.1, -0.05) is 25.1 Å². The Bertz CT molecular complexity index is 1010. The zero-order chi connectivity index (χ0) is 20.9. The zero-order valence-electron chi connectivity index (χ0n) is 17.6. The smallest absolute Gasteiger partial charge is 0.251 e. The topological polar surface area (TPSA) is 81.1 Å².